The SMILES string of the molecule is COc1ccc(-c2c(C(=O)[O-])c(C)nc(C)c2C(=O)[O-])cc1OC. The average molecular weight is 329 g/mol. The van der Waals surface area contributed by atoms with Crippen LogP contribution in [0.15, 0.2) is 18.2 Å². The number of hydrogen-bond donors (Lipinski definition) is 0. The lowest BCUT2D eigenvalue weighted by molar-refractivity contribution is -0.255. The third-order valence-corrected chi connectivity index (χ3v) is 3.64. The zero-order valence-corrected chi connectivity index (χ0v) is 13.6. The fourth-order valence-electron chi connectivity index (χ4n) is 2.63. The number of benzene rings is 1. The van der Waals surface area contributed by atoms with Gasteiger partial charge in [0, 0.05) is 28.1 Å². The van der Waals surface area contributed by atoms with E-state index < -0.39 is 11.9 Å². The first-order chi connectivity index (χ1) is 11.3. The molecule has 0 aliphatic carbocycles. The first-order valence-corrected chi connectivity index (χ1v) is 6.98. The molecule has 1 heterocycles. The van der Waals surface area contributed by atoms with Gasteiger partial charge in [-0.3, -0.25) is 4.98 Å². The van der Waals surface area contributed by atoms with Gasteiger partial charge in [0.1, 0.15) is 0 Å². The number of aromatic carboxylic acids is 2. The fraction of sp³-hybridized carbons (Fsp3) is 0.235. The second-order valence-corrected chi connectivity index (χ2v) is 5.05. The van der Waals surface area contributed by atoms with Crippen LogP contribution in [-0.2, 0) is 0 Å². The highest BCUT2D eigenvalue weighted by Crippen LogP contribution is 2.36. The molecule has 0 unspecified atom stereocenters. The van der Waals surface area contributed by atoms with Crippen LogP contribution >= 0.6 is 0 Å². The molecule has 0 saturated heterocycles. The predicted molar refractivity (Wildman–Crippen MR) is 80.9 cm³/mol. The summed E-state index contributed by atoms with van der Waals surface area (Å²) >= 11 is 0. The molecule has 0 aliphatic rings. The molecule has 0 bridgehead atoms. The van der Waals surface area contributed by atoms with Crippen molar-refractivity contribution >= 4 is 11.9 Å². The smallest absolute Gasteiger partial charge is 0.161 e. The van der Waals surface area contributed by atoms with Gasteiger partial charge in [0.25, 0.3) is 0 Å². The van der Waals surface area contributed by atoms with Gasteiger partial charge in [-0.2, -0.15) is 0 Å². The molecule has 7 heteroatoms. The molecule has 0 N–H and O–H groups in total. The molecule has 0 spiro atoms. The Morgan fingerprint density at radius 1 is 0.917 bits per heavy atom. The summed E-state index contributed by atoms with van der Waals surface area (Å²) < 4.78 is 10.3. The van der Waals surface area contributed by atoms with Crippen LogP contribution in [0.5, 0.6) is 11.5 Å². The minimum atomic E-state index is -1.52. The third-order valence-electron chi connectivity index (χ3n) is 3.64. The number of pyridine rings is 1. The van der Waals surface area contributed by atoms with E-state index in [1.54, 1.807) is 6.07 Å². The normalized spacial score (nSPS) is 10.3. The highest BCUT2D eigenvalue weighted by atomic mass is 16.5. The first-order valence-electron chi connectivity index (χ1n) is 6.98. The molecule has 0 radical (unpaired) electrons. The summed E-state index contributed by atoms with van der Waals surface area (Å²) in [6.07, 6.45) is 0. The molecule has 1 aromatic heterocycles. The molecule has 2 aromatic rings. The summed E-state index contributed by atoms with van der Waals surface area (Å²) in [5, 5.41) is 23.1. The molecule has 126 valence electrons. The number of nitrogens with zero attached hydrogens (tertiary/aromatic N) is 1. The number of carbonyl (C=O) groups is 2. The number of carbonyl (C=O) groups excluding carboxylic acids is 2. The van der Waals surface area contributed by atoms with Crippen molar-refractivity contribution in [1.29, 1.82) is 0 Å². The second kappa shape index (κ2) is 6.57. The van der Waals surface area contributed by atoms with E-state index in [1.165, 1.54) is 40.2 Å². The monoisotopic (exact) mass is 329 g/mol. The Balaban J connectivity index is 2.91. The van der Waals surface area contributed by atoms with Gasteiger partial charge in [-0.25, -0.2) is 0 Å². The lowest BCUT2D eigenvalue weighted by atomic mass is 9.92. The van der Waals surface area contributed by atoms with E-state index >= 15 is 0 Å². The Hall–Kier alpha value is -3.09. The minimum Gasteiger partial charge on any atom is -0.545 e. The van der Waals surface area contributed by atoms with Crippen molar-refractivity contribution in [1.82, 2.24) is 4.98 Å². The Labute approximate surface area is 138 Å². The van der Waals surface area contributed by atoms with Gasteiger partial charge in [0.05, 0.1) is 26.2 Å². The van der Waals surface area contributed by atoms with Gasteiger partial charge in [0.2, 0.25) is 0 Å². The van der Waals surface area contributed by atoms with Crippen LogP contribution in [0.25, 0.3) is 11.1 Å². The zero-order valence-electron chi connectivity index (χ0n) is 13.6. The van der Waals surface area contributed by atoms with Crippen LogP contribution in [-0.4, -0.2) is 31.1 Å². The summed E-state index contributed by atoms with van der Waals surface area (Å²) in [6.45, 7) is 2.95. The maximum atomic E-state index is 11.6. The summed E-state index contributed by atoms with van der Waals surface area (Å²) in [6, 6.07) is 4.58. The standard InChI is InChI=1S/C17H17NO6/c1-8-13(16(19)20)15(14(17(21)22)9(2)18-8)10-5-6-11(23-3)12(7-10)24-4/h5-7H,1-4H3,(H,19,20)(H,21,22)/p-2. The molecular weight excluding hydrogens is 314 g/mol. The van der Waals surface area contributed by atoms with Crippen LogP contribution < -0.4 is 19.7 Å². The third kappa shape index (κ3) is 2.88. The quantitative estimate of drug-likeness (QED) is 0.765. The number of carboxylic acid groups (broad SMARTS) is 2. The Kier molecular flexibility index (Phi) is 4.73. The minimum absolute atomic E-state index is 0.0269. The molecule has 1 aromatic carbocycles. The molecule has 0 saturated carbocycles. The Bertz CT molecular complexity index is 790. The number of aromatic nitrogens is 1. The van der Waals surface area contributed by atoms with Crippen LogP contribution in [0, 0.1) is 13.8 Å². The molecule has 0 aliphatic heterocycles. The van der Waals surface area contributed by atoms with Gasteiger partial charge in [0.15, 0.2) is 11.5 Å². The average Bonchev–Trinajstić information content (AvgIpc) is 2.52. The molecule has 0 atom stereocenters. The summed E-state index contributed by atoms with van der Waals surface area (Å²) in [5.41, 5.74) is 0.00390. The van der Waals surface area contributed by atoms with Crippen molar-refractivity contribution in [2.75, 3.05) is 14.2 Å². The fourth-order valence-corrected chi connectivity index (χ4v) is 2.63. The molecule has 7 nitrogen and oxygen atoms in total. The largest absolute Gasteiger partial charge is 0.545 e. The van der Waals surface area contributed by atoms with Gasteiger partial charge >= 0.3 is 0 Å². The van der Waals surface area contributed by atoms with Crippen LogP contribution in [0.2, 0.25) is 0 Å². The molecule has 0 fully saturated rings. The topological polar surface area (TPSA) is 112 Å². The van der Waals surface area contributed by atoms with Crippen molar-refractivity contribution in [3.8, 4) is 22.6 Å². The summed E-state index contributed by atoms with van der Waals surface area (Å²) in [7, 11) is 2.88. The first kappa shape index (κ1) is 17.3. The lowest BCUT2D eigenvalue weighted by Crippen LogP contribution is -2.30. The number of hydrogen-bond acceptors (Lipinski definition) is 7. The highest BCUT2D eigenvalue weighted by molar-refractivity contribution is 6.05. The van der Waals surface area contributed by atoms with Crippen molar-refractivity contribution in [3.63, 3.8) is 0 Å². The van der Waals surface area contributed by atoms with E-state index in [-0.39, 0.29) is 28.1 Å². The van der Waals surface area contributed by atoms with E-state index in [0.717, 1.165) is 0 Å². The van der Waals surface area contributed by atoms with E-state index in [1.807, 2.05) is 0 Å². The van der Waals surface area contributed by atoms with E-state index in [9.17, 15) is 19.8 Å². The molecular formula is C17H15NO6-2. The number of carboxylic acids is 2. The number of ether oxygens (including phenoxy) is 2. The van der Waals surface area contributed by atoms with Gasteiger partial charge < -0.3 is 29.3 Å². The van der Waals surface area contributed by atoms with Gasteiger partial charge in [-0.05, 0) is 31.5 Å². The lowest BCUT2D eigenvalue weighted by Gasteiger charge is -2.21. The Morgan fingerprint density at radius 3 is 1.83 bits per heavy atom. The van der Waals surface area contributed by atoms with E-state index in [2.05, 4.69) is 4.98 Å². The van der Waals surface area contributed by atoms with Crippen molar-refractivity contribution < 1.29 is 29.3 Å². The van der Waals surface area contributed by atoms with Crippen LogP contribution in [0.1, 0.15) is 32.1 Å². The zero-order chi connectivity index (χ0) is 18.0. The summed E-state index contributed by atoms with van der Waals surface area (Å²) in [5.74, 6) is -2.29. The summed E-state index contributed by atoms with van der Waals surface area (Å²) in [4.78, 5) is 27.1. The van der Waals surface area contributed by atoms with Crippen molar-refractivity contribution in [2.45, 2.75) is 13.8 Å². The number of methoxy groups -OCH3 is 2. The van der Waals surface area contributed by atoms with E-state index in [0.29, 0.717) is 17.1 Å². The number of aryl methyl sites for hydroxylation is 2. The van der Waals surface area contributed by atoms with E-state index in [4.69, 9.17) is 9.47 Å². The molecule has 24 heavy (non-hydrogen) atoms. The van der Waals surface area contributed by atoms with Gasteiger partial charge in [-0.15, -0.1) is 0 Å². The van der Waals surface area contributed by atoms with Crippen molar-refractivity contribution in [3.05, 3.63) is 40.7 Å². The van der Waals surface area contributed by atoms with Gasteiger partial charge in [-0.1, -0.05) is 6.07 Å². The molecule has 0 amide bonds. The molecule has 2 rings (SSSR count). The maximum Gasteiger partial charge on any atom is 0.161 e. The maximum absolute atomic E-state index is 11.6. The Morgan fingerprint density at radius 2 is 1.42 bits per heavy atom. The van der Waals surface area contributed by atoms with Crippen LogP contribution in [0.4, 0.5) is 0 Å². The van der Waals surface area contributed by atoms with Crippen molar-refractivity contribution in [2.24, 2.45) is 0 Å². The second-order valence-electron chi connectivity index (χ2n) is 5.05. The number of rotatable bonds is 5. The predicted octanol–water partition coefficient (Wildman–Crippen LogP) is 0.110. The highest BCUT2D eigenvalue weighted by Gasteiger charge is 2.20. The van der Waals surface area contributed by atoms with Crippen LogP contribution in [0.3, 0.4) is 0 Å².